The van der Waals surface area contributed by atoms with Gasteiger partial charge in [-0.1, -0.05) is 15.9 Å². The molecule has 0 fully saturated rings. The fourth-order valence-corrected chi connectivity index (χ4v) is 1.32. The van der Waals surface area contributed by atoms with Crippen molar-refractivity contribution >= 4 is 21.9 Å². The van der Waals surface area contributed by atoms with Gasteiger partial charge in [-0.2, -0.15) is 0 Å². The summed E-state index contributed by atoms with van der Waals surface area (Å²) in [6.45, 7) is 5.21. The SMILES string of the molecule is CC(C)(C)OC(=O)c1ccc(Br)cc1F. The third-order valence-corrected chi connectivity index (χ3v) is 2.04. The van der Waals surface area contributed by atoms with Crippen LogP contribution in [0.1, 0.15) is 31.1 Å². The molecular weight excluding hydrogens is 263 g/mol. The number of hydrogen-bond acceptors (Lipinski definition) is 2. The lowest BCUT2D eigenvalue weighted by atomic mass is 10.1. The first-order valence-electron chi connectivity index (χ1n) is 4.48. The van der Waals surface area contributed by atoms with Crippen molar-refractivity contribution in [3.8, 4) is 0 Å². The Morgan fingerprint density at radius 1 is 1.40 bits per heavy atom. The second-order valence-corrected chi connectivity index (χ2v) is 5.04. The highest BCUT2D eigenvalue weighted by molar-refractivity contribution is 9.10. The van der Waals surface area contributed by atoms with E-state index in [0.717, 1.165) is 0 Å². The Kier molecular flexibility index (Phi) is 3.50. The average Bonchev–Trinajstić information content (AvgIpc) is 1.99. The largest absolute Gasteiger partial charge is 0.456 e. The number of rotatable bonds is 1. The van der Waals surface area contributed by atoms with E-state index >= 15 is 0 Å². The Labute approximate surface area is 96.6 Å². The Hall–Kier alpha value is -0.900. The van der Waals surface area contributed by atoms with Crippen LogP contribution in [-0.4, -0.2) is 11.6 Å². The number of ether oxygens (including phenoxy) is 1. The van der Waals surface area contributed by atoms with Gasteiger partial charge in [0.15, 0.2) is 0 Å². The molecule has 0 aliphatic carbocycles. The summed E-state index contributed by atoms with van der Waals surface area (Å²) in [5.74, 6) is -1.23. The predicted octanol–water partition coefficient (Wildman–Crippen LogP) is 3.54. The van der Waals surface area contributed by atoms with Crippen LogP contribution in [0, 0.1) is 5.82 Å². The van der Waals surface area contributed by atoms with Crippen molar-refractivity contribution < 1.29 is 13.9 Å². The minimum atomic E-state index is -0.646. The van der Waals surface area contributed by atoms with Crippen LogP contribution in [0.3, 0.4) is 0 Å². The summed E-state index contributed by atoms with van der Waals surface area (Å²) < 4.78 is 19.0. The fourth-order valence-electron chi connectivity index (χ4n) is 0.988. The molecule has 0 aromatic heterocycles. The van der Waals surface area contributed by atoms with Gasteiger partial charge in [0.2, 0.25) is 0 Å². The van der Waals surface area contributed by atoms with Gasteiger partial charge in [0.1, 0.15) is 11.4 Å². The molecule has 0 bridgehead atoms. The van der Waals surface area contributed by atoms with E-state index in [4.69, 9.17) is 4.74 Å². The maximum Gasteiger partial charge on any atom is 0.341 e. The van der Waals surface area contributed by atoms with Gasteiger partial charge < -0.3 is 4.74 Å². The average molecular weight is 275 g/mol. The summed E-state index contributed by atoms with van der Waals surface area (Å²) >= 11 is 3.11. The Morgan fingerprint density at radius 2 is 2.00 bits per heavy atom. The third-order valence-electron chi connectivity index (χ3n) is 1.55. The zero-order valence-corrected chi connectivity index (χ0v) is 10.4. The van der Waals surface area contributed by atoms with Crippen molar-refractivity contribution in [1.82, 2.24) is 0 Å². The quantitative estimate of drug-likeness (QED) is 0.733. The normalized spacial score (nSPS) is 11.3. The van der Waals surface area contributed by atoms with Crippen LogP contribution in [0.5, 0.6) is 0 Å². The molecular formula is C11H12BrFO2. The van der Waals surface area contributed by atoms with Gasteiger partial charge in [-0.05, 0) is 39.0 Å². The lowest BCUT2D eigenvalue weighted by Crippen LogP contribution is -2.24. The number of hydrogen-bond donors (Lipinski definition) is 0. The summed E-state index contributed by atoms with van der Waals surface area (Å²) in [6.07, 6.45) is 0. The summed E-state index contributed by atoms with van der Waals surface area (Å²) in [5, 5.41) is 0. The lowest BCUT2D eigenvalue weighted by Gasteiger charge is -2.19. The second kappa shape index (κ2) is 4.31. The van der Waals surface area contributed by atoms with Crippen LogP contribution in [0.4, 0.5) is 4.39 Å². The molecule has 1 aromatic carbocycles. The van der Waals surface area contributed by atoms with Crippen LogP contribution in [0.2, 0.25) is 0 Å². The molecule has 0 spiro atoms. The number of carbonyl (C=O) groups excluding carboxylic acids is 1. The minimum Gasteiger partial charge on any atom is -0.456 e. The number of halogens is 2. The molecule has 4 heteroatoms. The molecule has 0 heterocycles. The minimum absolute atomic E-state index is 0.0480. The molecule has 15 heavy (non-hydrogen) atoms. The van der Waals surface area contributed by atoms with E-state index in [1.807, 2.05) is 0 Å². The van der Waals surface area contributed by atoms with Crippen molar-refractivity contribution in [2.75, 3.05) is 0 Å². The van der Waals surface area contributed by atoms with E-state index in [1.165, 1.54) is 12.1 Å². The summed E-state index contributed by atoms with van der Waals surface area (Å²) in [6, 6.07) is 4.23. The summed E-state index contributed by atoms with van der Waals surface area (Å²) in [7, 11) is 0. The van der Waals surface area contributed by atoms with Gasteiger partial charge >= 0.3 is 5.97 Å². The van der Waals surface area contributed by atoms with E-state index in [9.17, 15) is 9.18 Å². The van der Waals surface area contributed by atoms with Crippen molar-refractivity contribution in [2.45, 2.75) is 26.4 Å². The van der Waals surface area contributed by atoms with Gasteiger partial charge in [0.05, 0.1) is 5.56 Å². The molecule has 1 aromatic rings. The van der Waals surface area contributed by atoms with Crippen molar-refractivity contribution in [3.63, 3.8) is 0 Å². The molecule has 0 saturated carbocycles. The van der Waals surface area contributed by atoms with E-state index in [0.29, 0.717) is 4.47 Å². The lowest BCUT2D eigenvalue weighted by molar-refractivity contribution is 0.00647. The number of carbonyl (C=O) groups is 1. The van der Waals surface area contributed by atoms with E-state index in [-0.39, 0.29) is 5.56 Å². The zero-order valence-electron chi connectivity index (χ0n) is 8.80. The first-order valence-corrected chi connectivity index (χ1v) is 5.27. The first kappa shape index (κ1) is 12.2. The van der Waals surface area contributed by atoms with Crippen LogP contribution in [-0.2, 0) is 4.74 Å². The van der Waals surface area contributed by atoms with Crippen LogP contribution >= 0.6 is 15.9 Å². The third kappa shape index (κ3) is 3.63. The van der Waals surface area contributed by atoms with E-state index in [1.54, 1.807) is 26.8 Å². The van der Waals surface area contributed by atoms with Crippen LogP contribution < -0.4 is 0 Å². The van der Waals surface area contributed by atoms with Gasteiger partial charge in [0.25, 0.3) is 0 Å². The molecule has 1 rings (SSSR count). The highest BCUT2D eigenvalue weighted by Gasteiger charge is 2.20. The van der Waals surface area contributed by atoms with Gasteiger partial charge in [0, 0.05) is 4.47 Å². The molecule has 0 radical (unpaired) electrons. The Morgan fingerprint density at radius 3 is 2.47 bits per heavy atom. The standard InChI is InChI=1S/C11H12BrFO2/c1-11(2,3)15-10(14)8-5-4-7(12)6-9(8)13/h4-6H,1-3H3. The molecule has 82 valence electrons. The summed E-state index contributed by atoms with van der Waals surface area (Å²) in [5.41, 5.74) is -0.663. The molecule has 2 nitrogen and oxygen atoms in total. The maximum atomic E-state index is 13.3. The van der Waals surface area contributed by atoms with Crippen LogP contribution in [0.25, 0.3) is 0 Å². The summed E-state index contributed by atoms with van der Waals surface area (Å²) in [4.78, 5) is 11.5. The highest BCUT2D eigenvalue weighted by atomic mass is 79.9. The molecule has 0 amide bonds. The van der Waals surface area contributed by atoms with Crippen molar-refractivity contribution in [2.24, 2.45) is 0 Å². The molecule has 0 saturated heterocycles. The topological polar surface area (TPSA) is 26.3 Å². The predicted molar refractivity (Wildman–Crippen MR) is 59.3 cm³/mol. The molecule has 0 unspecified atom stereocenters. The molecule has 0 N–H and O–H groups in total. The van der Waals surface area contributed by atoms with E-state index < -0.39 is 17.4 Å². The maximum absolute atomic E-state index is 13.3. The second-order valence-electron chi connectivity index (χ2n) is 4.13. The van der Waals surface area contributed by atoms with Crippen molar-refractivity contribution in [3.05, 3.63) is 34.1 Å². The Balaban J connectivity index is 2.92. The number of esters is 1. The zero-order chi connectivity index (χ0) is 11.6. The highest BCUT2D eigenvalue weighted by Crippen LogP contribution is 2.18. The monoisotopic (exact) mass is 274 g/mol. The van der Waals surface area contributed by atoms with Crippen molar-refractivity contribution in [1.29, 1.82) is 0 Å². The van der Waals surface area contributed by atoms with Gasteiger partial charge in [-0.15, -0.1) is 0 Å². The first-order chi connectivity index (χ1) is 6.79. The molecule has 0 aliphatic heterocycles. The van der Waals surface area contributed by atoms with Gasteiger partial charge in [-0.3, -0.25) is 0 Å². The molecule has 0 aliphatic rings. The Bertz CT molecular complexity index is 383. The number of benzene rings is 1. The van der Waals surface area contributed by atoms with E-state index in [2.05, 4.69) is 15.9 Å². The smallest absolute Gasteiger partial charge is 0.341 e. The fraction of sp³-hybridized carbons (Fsp3) is 0.364. The van der Waals surface area contributed by atoms with Gasteiger partial charge in [-0.25, -0.2) is 9.18 Å². The van der Waals surface area contributed by atoms with Crippen LogP contribution in [0.15, 0.2) is 22.7 Å². The molecule has 0 atom stereocenters.